The van der Waals surface area contributed by atoms with Gasteiger partial charge in [-0.25, -0.2) is 0 Å². The number of aryl methyl sites for hydroxylation is 1. The predicted molar refractivity (Wildman–Crippen MR) is 77.5 cm³/mol. The molecule has 0 spiro atoms. The zero-order valence-corrected chi connectivity index (χ0v) is 12.3. The van der Waals surface area contributed by atoms with Crippen molar-refractivity contribution in [1.29, 1.82) is 0 Å². The molecule has 0 atom stereocenters. The highest BCUT2D eigenvalue weighted by atomic mass is 79.9. The first kappa shape index (κ1) is 12.9. The Morgan fingerprint density at radius 2 is 2.12 bits per heavy atom. The molecule has 2 nitrogen and oxygen atoms in total. The molecule has 0 unspecified atom stereocenters. The highest BCUT2D eigenvalue weighted by Gasteiger charge is 2.36. The first-order valence-corrected chi connectivity index (χ1v) is 7.03. The number of benzene rings is 1. The Kier molecular flexibility index (Phi) is 3.79. The van der Waals surface area contributed by atoms with Crippen molar-refractivity contribution < 1.29 is 0 Å². The summed E-state index contributed by atoms with van der Waals surface area (Å²) in [6.07, 6.45) is 3.89. The highest BCUT2D eigenvalue weighted by molar-refractivity contribution is 9.10. The quantitative estimate of drug-likeness (QED) is 0.923. The molecule has 94 valence electrons. The van der Waals surface area contributed by atoms with Crippen molar-refractivity contribution >= 4 is 21.6 Å². The molecule has 0 aliphatic heterocycles. The van der Waals surface area contributed by atoms with Gasteiger partial charge in [-0.15, -0.1) is 0 Å². The molecule has 0 saturated heterocycles. The standard InChI is InChI=1S/C14H21BrN2/c1-11-4-5-12(15)8-13(11)17(2)10-14(9-16)6-3-7-14/h4-5,8H,3,6-7,9-10,16H2,1-2H3. The molecule has 0 aromatic heterocycles. The van der Waals surface area contributed by atoms with Crippen LogP contribution in [0.15, 0.2) is 22.7 Å². The molecule has 0 bridgehead atoms. The average Bonchev–Trinajstić information content (AvgIpc) is 2.26. The fraction of sp³-hybridized carbons (Fsp3) is 0.571. The van der Waals surface area contributed by atoms with Crippen LogP contribution in [-0.4, -0.2) is 20.1 Å². The third kappa shape index (κ3) is 2.66. The van der Waals surface area contributed by atoms with Gasteiger partial charge < -0.3 is 10.6 Å². The molecular formula is C14H21BrN2. The molecule has 0 heterocycles. The topological polar surface area (TPSA) is 29.3 Å². The third-order valence-corrected chi connectivity index (χ3v) is 4.50. The van der Waals surface area contributed by atoms with Gasteiger partial charge in [0.2, 0.25) is 0 Å². The van der Waals surface area contributed by atoms with E-state index in [0.717, 1.165) is 17.6 Å². The van der Waals surface area contributed by atoms with E-state index < -0.39 is 0 Å². The molecule has 2 rings (SSSR count). The Bertz CT molecular complexity index is 394. The predicted octanol–water partition coefficient (Wildman–Crippen LogP) is 3.32. The molecule has 1 aromatic rings. The Hall–Kier alpha value is -0.540. The van der Waals surface area contributed by atoms with E-state index in [1.807, 2.05) is 0 Å². The lowest BCUT2D eigenvalue weighted by atomic mass is 9.68. The molecular weight excluding hydrogens is 276 g/mol. The van der Waals surface area contributed by atoms with Crippen LogP contribution < -0.4 is 10.6 Å². The Morgan fingerprint density at radius 1 is 1.41 bits per heavy atom. The summed E-state index contributed by atoms with van der Waals surface area (Å²) in [6.45, 7) is 4.04. The Labute approximate surface area is 112 Å². The van der Waals surface area contributed by atoms with Gasteiger partial charge in [-0.1, -0.05) is 28.4 Å². The number of halogens is 1. The lowest BCUT2D eigenvalue weighted by molar-refractivity contribution is 0.154. The second-order valence-electron chi connectivity index (χ2n) is 5.34. The summed E-state index contributed by atoms with van der Waals surface area (Å²) in [6, 6.07) is 6.44. The van der Waals surface area contributed by atoms with Gasteiger partial charge in [-0.2, -0.15) is 0 Å². The van der Waals surface area contributed by atoms with Crippen molar-refractivity contribution in [3.05, 3.63) is 28.2 Å². The van der Waals surface area contributed by atoms with E-state index in [1.54, 1.807) is 0 Å². The SMILES string of the molecule is Cc1ccc(Br)cc1N(C)CC1(CN)CCC1. The fourth-order valence-corrected chi connectivity index (χ4v) is 3.03. The summed E-state index contributed by atoms with van der Waals surface area (Å²) in [5, 5.41) is 0. The smallest absolute Gasteiger partial charge is 0.0404 e. The minimum atomic E-state index is 0.365. The highest BCUT2D eigenvalue weighted by Crippen LogP contribution is 2.41. The van der Waals surface area contributed by atoms with Crippen LogP contribution in [0.2, 0.25) is 0 Å². The lowest BCUT2D eigenvalue weighted by Gasteiger charge is -2.44. The number of hydrogen-bond acceptors (Lipinski definition) is 2. The van der Waals surface area contributed by atoms with Crippen LogP contribution >= 0.6 is 15.9 Å². The van der Waals surface area contributed by atoms with Crippen molar-refractivity contribution in [1.82, 2.24) is 0 Å². The van der Waals surface area contributed by atoms with Gasteiger partial charge in [0.25, 0.3) is 0 Å². The average molecular weight is 297 g/mol. The van der Waals surface area contributed by atoms with E-state index in [9.17, 15) is 0 Å². The monoisotopic (exact) mass is 296 g/mol. The van der Waals surface area contributed by atoms with Gasteiger partial charge >= 0.3 is 0 Å². The maximum Gasteiger partial charge on any atom is 0.0404 e. The number of nitrogens with two attached hydrogens (primary N) is 1. The zero-order chi connectivity index (χ0) is 12.5. The van der Waals surface area contributed by atoms with E-state index in [-0.39, 0.29) is 0 Å². The largest absolute Gasteiger partial charge is 0.374 e. The Balaban J connectivity index is 2.13. The lowest BCUT2D eigenvalue weighted by Crippen LogP contribution is -2.46. The zero-order valence-electron chi connectivity index (χ0n) is 10.7. The van der Waals surface area contributed by atoms with Crippen LogP contribution in [0.4, 0.5) is 5.69 Å². The summed E-state index contributed by atoms with van der Waals surface area (Å²) in [7, 11) is 2.17. The molecule has 2 N–H and O–H groups in total. The second-order valence-corrected chi connectivity index (χ2v) is 6.26. The van der Waals surface area contributed by atoms with Gasteiger partial charge in [0.05, 0.1) is 0 Å². The molecule has 1 fully saturated rings. The maximum atomic E-state index is 5.93. The van der Waals surface area contributed by atoms with Crippen molar-refractivity contribution in [3.63, 3.8) is 0 Å². The van der Waals surface area contributed by atoms with Crippen molar-refractivity contribution in [2.45, 2.75) is 26.2 Å². The third-order valence-electron chi connectivity index (χ3n) is 4.00. The van der Waals surface area contributed by atoms with Gasteiger partial charge in [0, 0.05) is 29.2 Å². The molecule has 1 aliphatic carbocycles. The number of rotatable bonds is 4. The van der Waals surface area contributed by atoms with Crippen LogP contribution in [-0.2, 0) is 0 Å². The molecule has 1 aromatic carbocycles. The van der Waals surface area contributed by atoms with E-state index in [1.165, 1.54) is 30.5 Å². The van der Waals surface area contributed by atoms with Crippen molar-refractivity contribution in [2.24, 2.45) is 11.1 Å². The fourth-order valence-electron chi connectivity index (χ4n) is 2.69. The minimum Gasteiger partial charge on any atom is -0.374 e. The van der Waals surface area contributed by atoms with Gasteiger partial charge in [0.1, 0.15) is 0 Å². The molecule has 1 aliphatic rings. The van der Waals surface area contributed by atoms with E-state index in [0.29, 0.717) is 5.41 Å². The summed E-state index contributed by atoms with van der Waals surface area (Å²) >= 11 is 3.54. The van der Waals surface area contributed by atoms with E-state index in [2.05, 4.69) is 53.0 Å². The molecule has 1 saturated carbocycles. The first-order valence-electron chi connectivity index (χ1n) is 6.24. The number of hydrogen-bond donors (Lipinski definition) is 1. The molecule has 0 radical (unpaired) electrons. The van der Waals surface area contributed by atoms with Crippen LogP contribution in [0.3, 0.4) is 0 Å². The minimum absolute atomic E-state index is 0.365. The summed E-state index contributed by atoms with van der Waals surface area (Å²) in [5.41, 5.74) is 8.92. The van der Waals surface area contributed by atoms with Crippen LogP contribution in [0.25, 0.3) is 0 Å². The van der Waals surface area contributed by atoms with E-state index in [4.69, 9.17) is 5.73 Å². The molecule has 0 amide bonds. The molecule has 3 heteroatoms. The Morgan fingerprint density at radius 3 is 2.65 bits per heavy atom. The molecule has 17 heavy (non-hydrogen) atoms. The van der Waals surface area contributed by atoms with Crippen molar-refractivity contribution in [2.75, 3.05) is 25.0 Å². The second kappa shape index (κ2) is 4.99. The normalized spacial score (nSPS) is 17.6. The van der Waals surface area contributed by atoms with Gasteiger partial charge in [-0.3, -0.25) is 0 Å². The maximum absolute atomic E-state index is 5.93. The van der Waals surface area contributed by atoms with Crippen LogP contribution in [0.5, 0.6) is 0 Å². The van der Waals surface area contributed by atoms with Crippen molar-refractivity contribution in [3.8, 4) is 0 Å². The van der Waals surface area contributed by atoms with Gasteiger partial charge in [0.15, 0.2) is 0 Å². The summed E-state index contributed by atoms with van der Waals surface area (Å²) in [5.74, 6) is 0. The first-order chi connectivity index (χ1) is 8.06. The summed E-state index contributed by atoms with van der Waals surface area (Å²) in [4.78, 5) is 2.35. The summed E-state index contributed by atoms with van der Waals surface area (Å²) < 4.78 is 1.14. The van der Waals surface area contributed by atoms with Crippen LogP contribution in [0, 0.1) is 12.3 Å². The van der Waals surface area contributed by atoms with Crippen LogP contribution in [0.1, 0.15) is 24.8 Å². The number of nitrogens with zero attached hydrogens (tertiary/aromatic N) is 1. The van der Waals surface area contributed by atoms with Gasteiger partial charge in [-0.05, 0) is 44.0 Å². The number of anilines is 1. The van der Waals surface area contributed by atoms with E-state index >= 15 is 0 Å².